The van der Waals surface area contributed by atoms with Crippen LogP contribution in [0.1, 0.15) is 37.3 Å². The first-order valence-corrected chi connectivity index (χ1v) is 7.33. The van der Waals surface area contributed by atoms with Crippen molar-refractivity contribution in [3.63, 3.8) is 0 Å². The SMILES string of the molecule is CNC(c1cc(F)c(F)cc1Cl)C1C2CCCCC21. The molecule has 0 bridgehead atoms. The predicted octanol–water partition coefficient (Wildman–Crippen LogP) is 4.31. The number of benzene rings is 1. The Hall–Kier alpha value is -0.670. The van der Waals surface area contributed by atoms with Crippen LogP contribution in [0, 0.1) is 29.4 Å². The van der Waals surface area contributed by atoms with Crippen molar-refractivity contribution in [2.24, 2.45) is 17.8 Å². The number of hydrogen-bond acceptors (Lipinski definition) is 1. The van der Waals surface area contributed by atoms with Crippen molar-refractivity contribution in [1.29, 1.82) is 0 Å². The third-order valence-corrected chi connectivity index (χ3v) is 5.12. The predicted molar refractivity (Wildman–Crippen MR) is 72.1 cm³/mol. The van der Waals surface area contributed by atoms with E-state index in [0.717, 1.165) is 17.9 Å². The first-order chi connectivity index (χ1) is 9.13. The second kappa shape index (κ2) is 5.02. The third kappa shape index (κ3) is 2.27. The monoisotopic (exact) mass is 285 g/mol. The van der Waals surface area contributed by atoms with E-state index in [-0.39, 0.29) is 6.04 Å². The number of nitrogens with one attached hydrogen (secondary N) is 1. The van der Waals surface area contributed by atoms with Crippen molar-refractivity contribution in [3.8, 4) is 0 Å². The van der Waals surface area contributed by atoms with Crippen LogP contribution in [-0.4, -0.2) is 7.05 Å². The van der Waals surface area contributed by atoms with Crippen LogP contribution < -0.4 is 5.32 Å². The summed E-state index contributed by atoms with van der Waals surface area (Å²) >= 11 is 6.10. The normalized spacial score (nSPS) is 30.8. The van der Waals surface area contributed by atoms with Gasteiger partial charge in [-0.15, -0.1) is 0 Å². The molecule has 0 aromatic heterocycles. The molecule has 0 spiro atoms. The van der Waals surface area contributed by atoms with E-state index in [1.165, 1.54) is 31.7 Å². The van der Waals surface area contributed by atoms with Gasteiger partial charge < -0.3 is 5.32 Å². The second-order valence-corrected chi connectivity index (χ2v) is 6.15. The zero-order valence-corrected chi connectivity index (χ0v) is 11.7. The lowest BCUT2D eigenvalue weighted by molar-refractivity contribution is 0.468. The molecule has 0 amide bonds. The van der Waals surface area contributed by atoms with Crippen molar-refractivity contribution in [2.75, 3.05) is 7.05 Å². The van der Waals surface area contributed by atoms with Gasteiger partial charge in [-0.2, -0.15) is 0 Å². The molecule has 19 heavy (non-hydrogen) atoms. The zero-order valence-electron chi connectivity index (χ0n) is 10.9. The van der Waals surface area contributed by atoms with Crippen LogP contribution in [0.5, 0.6) is 0 Å². The van der Waals surface area contributed by atoms with Crippen molar-refractivity contribution in [3.05, 3.63) is 34.4 Å². The Labute approximate surface area is 117 Å². The van der Waals surface area contributed by atoms with Crippen LogP contribution in [0.15, 0.2) is 12.1 Å². The fraction of sp³-hybridized carbons (Fsp3) is 0.600. The van der Waals surface area contributed by atoms with Gasteiger partial charge in [-0.1, -0.05) is 24.4 Å². The number of fused-ring (bicyclic) bond motifs is 1. The molecule has 2 saturated carbocycles. The average molecular weight is 286 g/mol. The maximum absolute atomic E-state index is 13.4. The molecule has 1 aromatic carbocycles. The molecule has 0 aliphatic heterocycles. The van der Waals surface area contributed by atoms with Crippen LogP contribution in [0.2, 0.25) is 5.02 Å². The Morgan fingerprint density at radius 3 is 2.32 bits per heavy atom. The van der Waals surface area contributed by atoms with E-state index in [9.17, 15) is 8.78 Å². The summed E-state index contributed by atoms with van der Waals surface area (Å²) < 4.78 is 26.6. The molecular weight excluding hydrogens is 268 g/mol. The van der Waals surface area contributed by atoms with Crippen LogP contribution in [-0.2, 0) is 0 Å². The maximum atomic E-state index is 13.4. The minimum absolute atomic E-state index is 0.0377. The molecule has 3 unspecified atom stereocenters. The van der Waals surface area contributed by atoms with Gasteiger partial charge in [-0.25, -0.2) is 8.78 Å². The van der Waals surface area contributed by atoms with Crippen molar-refractivity contribution in [2.45, 2.75) is 31.7 Å². The van der Waals surface area contributed by atoms with Gasteiger partial charge in [0.15, 0.2) is 11.6 Å². The molecule has 2 fully saturated rings. The first kappa shape index (κ1) is 13.3. The molecule has 3 atom stereocenters. The van der Waals surface area contributed by atoms with Gasteiger partial charge >= 0.3 is 0 Å². The Kier molecular flexibility index (Phi) is 3.52. The summed E-state index contributed by atoms with van der Waals surface area (Å²) in [6.45, 7) is 0. The van der Waals surface area contributed by atoms with Gasteiger partial charge in [0.1, 0.15) is 0 Å². The van der Waals surface area contributed by atoms with Crippen molar-refractivity contribution in [1.82, 2.24) is 5.32 Å². The molecule has 0 radical (unpaired) electrons. The molecule has 2 aliphatic rings. The van der Waals surface area contributed by atoms with Crippen LogP contribution in [0.4, 0.5) is 8.78 Å². The molecule has 1 aromatic rings. The highest BCUT2D eigenvalue weighted by Gasteiger charge is 2.54. The molecule has 3 rings (SSSR count). The lowest BCUT2D eigenvalue weighted by Crippen LogP contribution is -2.20. The van der Waals surface area contributed by atoms with E-state index in [4.69, 9.17) is 11.6 Å². The topological polar surface area (TPSA) is 12.0 Å². The number of rotatable bonds is 3. The minimum Gasteiger partial charge on any atom is -0.313 e. The Morgan fingerprint density at radius 2 is 1.74 bits per heavy atom. The maximum Gasteiger partial charge on any atom is 0.160 e. The molecule has 0 saturated heterocycles. The summed E-state index contributed by atoms with van der Waals surface area (Å²) in [7, 11) is 1.87. The minimum atomic E-state index is -0.878. The summed E-state index contributed by atoms with van der Waals surface area (Å²) in [5, 5.41) is 3.57. The fourth-order valence-electron chi connectivity index (χ4n) is 3.87. The van der Waals surface area contributed by atoms with Crippen LogP contribution in [0.3, 0.4) is 0 Å². The van der Waals surface area contributed by atoms with E-state index < -0.39 is 11.6 Å². The summed E-state index contributed by atoms with van der Waals surface area (Å²) in [5.74, 6) is 0.292. The van der Waals surface area contributed by atoms with E-state index in [0.29, 0.717) is 16.5 Å². The summed E-state index contributed by atoms with van der Waals surface area (Å²) in [6, 6.07) is 2.38. The van der Waals surface area contributed by atoms with Crippen LogP contribution >= 0.6 is 11.6 Å². The quantitative estimate of drug-likeness (QED) is 0.816. The molecule has 1 N–H and O–H groups in total. The van der Waals surface area contributed by atoms with Gasteiger partial charge in [0.05, 0.1) is 0 Å². The fourth-order valence-corrected chi connectivity index (χ4v) is 4.14. The van der Waals surface area contributed by atoms with Gasteiger partial charge in [0.25, 0.3) is 0 Å². The molecule has 1 nitrogen and oxygen atoms in total. The van der Waals surface area contributed by atoms with Gasteiger partial charge in [-0.3, -0.25) is 0 Å². The van der Waals surface area contributed by atoms with Crippen molar-refractivity contribution < 1.29 is 8.78 Å². The van der Waals surface area contributed by atoms with Gasteiger partial charge in [0, 0.05) is 11.1 Å². The molecule has 4 heteroatoms. The molecule has 0 heterocycles. The lowest BCUT2D eigenvalue weighted by atomic mass is 9.99. The highest BCUT2D eigenvalue weighted by atomic mass is 35.5. The molecule has 104 valence electrons. The Bertz CT molecular complexity index is 479. The second-order valence-electron chi connectivity index (χ2n) is 5.74. The Balaban J connectivity index is 1.89. The number of halogens is 3. The molecular formula is C15H18ClF2N. The van der Waals surface area contributed by atoms with E-state index in [1.807, 2.05) is 7.05 Å². The third-order valence-electron chi connectivity index (χ3n) is 4.79. The Morgan fingerprint density at radius 1 is 1.16 bits per heavy atom. The zero-order chi connectivity index (χ0) is 13.6. The van der Waals surface area contributed by atoms with E-state index >= 15 is 0 Å². The van der Waals surface area contributed by atoms with E-state index in [1.54, 1.807) is 0 Å². The summed E-state index contributed by atoms with van der Waals surface area (Å²) in [5.41, 5.74) is 0.697. The largest absolute Gasteiger partial charge is 0.313 e. The van der Waals surface area contributed by atoms with E-state index in [2.05, 4.69) is 5.32 Å². The standard InChI is InChI=1S/C15H18ClF2N/c1-19-15(14-8-4-2-3-5-9(8)14)10-6-12(17)13(18)7-11(10)16/h6-9,14-15,19H,2-5H2,1H3. The average Bonchev–Trinajstić information content (AvgIpc) is 3.11. The first-order valence-electron chi connectivity index (χ1n) is 6.95. The smallest absolute Gasteiger partial charge is 0.160 e. The van der Waals surface area contributed by atoms with Crippen molar-refractivity contribution >= 4 is 11.6 Å². The van der Waals surface area contributed by atoms with Crippen LogP contribution in [0.25, 0.3) is 0 Å². The highest BCUT2D eigenvalue weighted by Crippen LogP contribution is 2.60. The van der Waals surface area contributed by atoms with Gasteiger partial charge in [0.2, 0.25) is 0 Å². The summed E-state index contributed by atoms with van der Waals surface area (Å²) in [4.78, 5) is 0. The van der Waals surface area contributed by atoms with Gasteiger partial charge in [-0.05, 0) is 55.3 Å². The number of hydrogen-bond donors (Lipinski definition) is 1. The summed E-state index contributed by atoms with van der Waals surface area (Å²) in [6.07, 6.45) is 5.10. The molecule has 2 aliphatic carbocycles. The highest BCUT2D eigenvalue weighted by molar-refractivity contribution is 6.31. The lowest BCUT2D eigenvalue weighted by Gasteiger charge is -2.19.